The van der Waals surface area contributed by atoms with Gasteiger partial charge in [-0.3, -0.25) is 0 Å². The van der Waals surface area contributed by atoms with E-state index >= 15 is 0 Å². The van der Waals surface area contributed by atoms with Crippen molar-refractivity contribution < 1.29 is 4.43 Å². The van der Waals surface area contributed by atoms with Crippen LogP contribution >= 0.6 is 15.9 Å². The zero-order valence-corrected chi connectivity index (χ0v) is 15.0. The molecule has 0 N–H and O–H groups in total. The van der Waals surface area contributed by atoms with E-state index in [0.29, 0.717) is 0 Å². The van der Waals surface area contributed by atoms with E-state index in [0.717, 1.165) is 15.8 Å². The lowest BCUT2D eigenvalue weighted by atomic mass is 10.2. The number of halogens is 1. The van der Waals surface area contributed by atoms with Crippen LogP contribution in [0, 0.1) is 0 Å². The van der Waals surface area contributed by atoms with E-state index in [1.807, 2.05) is 24.3 Å². The molecule has 0 atom stereocenters. The standard InChI is InChI=1S/C16H23BrOSi/c1-7-14(17)12-13-10-8-9-11-15(13)18-19(5,6)16(2,3)4/h7-12H,1H2,2-6H3/b14-12-. The van der Waals surface area contributed by atoms with Crippen molar-refractivity contribution in [3.05, 3.63) is 47.0 Å². The summed E-state index contributed by atoms with van der Waals surface area (Å²) in [7, 11) is -1.81. The van der Waals surface area contributed by atoms with Crippen molar-refractivity contribution in [1.82, 2.24) is 0 Å². The van der Waals surface area contributed by atoms with E-state index in [2.05, 4.69) is 62.4 Å². The van der Waals surface area contributed by atoms with E-state index in [1.165, 1.54) is 0 Å². The monoisotopic (exact) mass is 338 g/mol. The van der Waals surface area contributed by atoms with Crippen LogP contribution in [0.5, 0.6) is 5.75 Å². The molecule has 0 aliphatic carbocycles. The second kappa shape index (κ2) is 6.10. The number of hydrogen-bond donors (Lipinski definition) is 0. The second-order valence-electron chi connectivity index (χ2n) is 6.13. The minimum atomic E-state index is -1.81. The summed E-state index contributed by atoms with van der Waals surface area (Å²) < 4.78 is 7.34. The maximum absolute atomic E-state index is 6.38. The summed E-state index contributed by atoms with van der Waals surface area (Å²) in [5.41, 5.74) is 1.08. The van der Waals surface area contributed by atoms with E-state index in [4.69, 9.17) is 4.43 Å². The first-order chi connectivity index (χ1) is 8.67. The molecule has 0 aliphatic rings. The van der Waals surface area contributed by atoms with Crippen LogP contribution in [-0.4, -0.2) is 8.32 Å². The molecule has 19 heavy (non-hydrogen) atoms. The van der Waals surface area contributed by atoms with E-state index in [1.54, 1.807) is 6.08 Å². The van der Waals surface area contributed by atoms with Gasteiger partial charge >= 0.3 is 0 Å². The van der Waals surface area contributed by atoms with Crippen LogP contribution in [0.4, 0.5) is 0 Å². The van der Waals surface area contributed by atoms with Crippen LogP contribution in [0.3, 0.4) is 0 Å². The highest BCUT2D eigenvalue weighted by molar-refractivity contribution is 9.12. The van der Waals surface area contributed by atoms with Gasteiger partial charge in [0.25, 0.3) is 8.32 Å². The highest BCUT2D eigenvalue weighted by atomic mass is 79.9. The molecule has 3 heteroatoms. The van der Waals surface area contributed by atoms with Crippen LogP contribution in [0.15, 0.2) is 41.4 Å². The molecule has 0 bridgehead atoms. The average molecular weight is 339 g/mol. The maximum Gasteiger partial charge on any atom is 0.250 e. The third-order valence-corrected chi connectivity index (χ3v) is 8.47. The lowest BCUT2D eigenvalue weighted by Gasteiger charge is -2.36. The Bertz CT molecular complexity index is 484. The molecule has 0 radical (unpaired) electrons. The fraction of sp³-hybridized carbons (Fsp3) is 0.375. The van der Waals surface area contributed by atoms with E-state index < -0.39 is 8.32 Å². The zero-order valence-electron chi connectivity index (χ0n) is 12.5. The smallest absolute Gasteiger partial charge is 0.250 e. The Morgan fingerprint density at radius 1 is 1.26 bits per heavy atom. The number of rotatable bonds is 4. The molecule has 1 aromatic rings. The van der Waals surface area contributed by atoms with Crippen LogP contribution in [0.2, 0.25) is 18.1 Å². The molecule has 0 amide bonds. The van der Waals surface area contributed by atoms with Gasteiger partial charge in [-0.25, -0.2) is 0 Å². The molecule has 0 fully saturated rings. The molecule has 1 aromatic carbocycles. The summed E-state index contributed by atoms with van der Waals surface area (Å²) in [6.45, 7) is 15.0. The molecule has 1 nitrogen and oxygen atoms in total. The van der Waals surface area contributed by atoms with Gasteiger partial charge in [0.05, 0.1) is 0 Å². The third kappa shape index (κ3) is 4.36. The third-order valence-electron chi connectivity index (χ3n) is 3.58. The largest absolute Gasteiger partial charge is 0.543 e. The first kappa shape index (κ1) is 16.3. The van der Waals surface area contributed by atoms with Gasteiger partial charge in [0.15, 0.2) is 0 Å². The molecule has 104 valence electrons. The van der Waals surface area contributed by atoms with Crippen molar-refractivity contribution >= 4 is 30.3 Å². The van der Waals surface area contributed by atoms with Gasteiger partial charge in [-0.2, -0.15) is 0 Å². The summed E-state index contributed by atoms with van der Waals surface area (Å²) in [6.07, 6.45) is 3.82. The molecule has 0 aromatic heterocycles. The van der Waals surface area contributed by atoms with Gasteiger partial charge in [-0.15, -0.1) is 0 Å². The minimum Gasteiger partial charge on any atom is -0.543 e. The van der Waals surface area contributed by atoms with Gasteiger partial charge in [0.2, 0.25) is 0 Å². The van der Waals surface area contributed by atoms with Gasteiger partial charge in [-0.05, 0) is 30.3 Å². The Balaban J connectivity index is 3.13. The van der Waals surface area contributed by atoms with Crippen molar-refractivity contribution in [2.75, 3.05) is 0 Å². The van der Waals surface area contributed by atoms with Crippen molar-refractivity contribution in [2.45, 2.75) is 38.9 Å². The topological polar surface area (TPSA) is 9.23 Å². The normalized spacial score (nSPS) is 13.3. The summed E-state index contributed by atoms with van der Waals surface area (Å²) in [4.78, 5) is 0. The maximum atomic E-state index is 6.38. The predicted molar refractivity (Wildman–Crippen MR) is 91.4 cm³/mol. The summed E-state index contributed by atoms with van der Waals surface area (Å²) >= 11 is 3.47. The van der Waals surface area contributed by atoms with Gasteiger partial charge in [-0.1, -0.05) is 67.6 Å². The number of hydrogen-bond acceptors (Lipinski definition) is 1. The Morgan fingerprint density at radius 2 is 1.84 bits per heavy atom. The van der Waals surface area contributed by atoms with Crippen LogP contribution < -0.4 is 4.43 Å². The Morgan fingerprint density at radius 3 is 2.37 bits per heavy atom. The van der Waals surface area contributed by atoms with E-state index in [-0.39, 0.29) is 5.04 Å². The first-order valence-electron chi connectivity index (χ1n) is 6.45. The molecule has 0 unspecified atom stereocenters. The Kier molecular flexibility index (Phi) is 5.22. The Hall–Kier alpha value is -0.803. The number of para-hydroxylation sites is 1. The summed E-state index contributed by atoms with van der Waals surface area (Å²) in [6, 6.07) is 8.14. The van der Waals surface area contributed by atoms with Crippen LogP contribution in [-0.2, 0) is 0 Å². The molecule has 1 rings (SSSR count). The lowest BCUT2D eigenvalue weighted by molar-refractivity contribution is 0.491. The summed E-state index contributed by atoms with van der Waals surface area (Å²) in [5.74, 6) is 0.952. The minimum absolute atomic E-state index is 0.194. The molecular formula is C16H23BrOSi. The zero-order chi connectivity index (χ0) is 14.7. The highest BCUT2D eigenvalue weighted by Gasteiger charge is 2.39. The molecule has 0 saturated carbocycles. The molecule has 0 aliphatic heterocycles. The molecule has 0 saturated heterocycles. The van der Waals surface area contributed by atoms with E-state index in [9.17, 15) is 0 Å². The Labute approximate surface area is 126 Å². The van der Waals surface area contributed by atoms with Crippen molar-refractivity contribution in [1.29, 1.82) is 0 Å². The quantitative estimate of drug-likeness (QED) is 0.483. The van der Waals surface area contributed by atoms with Crippen molar-refractivity contribution in [3.63, 3.8) is 0 Å². The van der Waals surface area contributed by atoms with Crippen molar-refractivity contribution in [2.24, 2.45) is 0 Å². The second-order valence-corrected chi connectivity index (χ2v) is 11.8. The predicted octanol–water partition coefficient (Wildman–Crippen LogP) is 5.99. The lowest BCUT2D eigenvalue weighted by Crippen LogP contribution is -2.44. The molecule has 0 heterocycles. The van der Waals surface area contributed by atoms with Crippen molar-refractivity contribution in [3.8, 4) is 5.75 Å². The molecule has 0 spiro atoms. The fourth-order valence-corrected chi connectivity index (χ4v) is 2.62. The van der Waals surface area contributed by atoms with Gasteiger partial charge in [0, 0.05) is 10.0 Å². The van der Waals surface area contributed by atoms with Gasteiger partial charge < -0.3 is 4.43 Å². The van der Waals surface area contributed by atoms with Gasteiger partial charge in [0.1, 0.15) is 5.75 Å². The fourth-order valence-electron chi connectivity index (χ4n) is 1.33. The highest BCUT2D eigenvalue weighted by Crippen LogP contribution is 2.38. The SMILES string of the molecule is C=C/C(Br)=C/c1ccccc1O[Si](C)(C)C(C)(C)C. The number of allylic oxidation sites excluding steroid dienone is 2. The van der Waals surface area contributed by atoms with Crippen LogP contribution in [0.1, 0.15) is 26.3 Å². The average Bonchev–Trinajstić information content (AvgIpc) is 2.29. The summed E-state index contributed by atoms with van der Waals surface area (Å²) in [5, 5.41) is 0.194. The molecular weight excluding hydrogens is 316 g/mol. The first-order valence-corrected chi connectivity index (χ1v) is 10.2. The van der Waals surface area contributed by atoms with Crippen LogP contribution in [0.25, 0.3) is 6.08 Å². The number of benzene rings is 1.